The summed E-state index contributed by atoms with van der Waals surface area (Å²) in [7, 11) is 0. The summed E-state index contributed by atoms with van der Waals surface area (Å²) < 4.78 is 0. The van der Waals surface area contributed by atoms with Crippen LogP contribution in [0.4, 0.5) is 15.7 Å². The molecule has 0 aliphatic carbocycles. The van der Waals surface area contributed by atoms with E-state index in [1.54, 1.807) is 6.07 Å². The van der Waals surface area contributed by atoms with Crippen LogP contribution in [0.3, 0.4) is 0 Å². The quantitative estimate of drug-likeness (QED) is 0.797. The van der Waals surface area contributed by atoms with Gasteiger partial charge in [0.1, 0.15) is 16.1 Å². The number of nitrogen functional groups attached to an aromatic ring is 1. The Morgan fingerprint density at radius 3 is 2.56 bits per heavy atom. The van der Waals surface area contributed by atoms with Crippen LogP contribution in [0.25, 0.3) is 0 Å². The Bertz CT molecular complexity index is 551. The molecule has 16 heavy (non-hydrogen) atoms. The van der Waals surface area contributed by atoms with E-state index in [0.29, 0.717) is 15.6 Å². The largest absolute Gasteiger partial charge is 0.389 e. The Balaban J connectivity index is 2.22. The van der Waals surface area contributed by atoms with Crippen LogP contribution in [0, 0.1) is 11.3 Å². The molecular weight excluding hydrogens is 220 g/mol. The average molecular weight is 228 g/mol. The summed E-state index contributed by atoms with van der Waals surface area (Å²) in [6.07, 6.45) is 0. The molecule has 0 saturated carbocycles. The van der Waals surface area contributed by atoms with Crippen molar-refractivity contribution < 1.29 is 0 Å². The normalized spacial score (nSPS) is 10.4. The minimum absolute atomic E-state index is 0.451. The first-order chi connectivity index (χ1) is 7.79. The van der Waals surface area contributed by atoms with Crippen molar-refractivity contribution in [3.05, 3.63) is 42.0 Å². The summed E-state index contributed by atoms with van der Waals surface area (Å²) in [5.74, 6) is 0. The van der Waals surface area contributed by atoms with E-state index in [1.807, 2.05) is 36.4 Å². The summed E-state index contributed by atoms with van der Waals surface area (Å²) in [5, 5.41) is 17.9. The predicted molar refractivity (Wildman–Crippen MR) is 64.1 cm³/mol. The molecule has 0 saturated heterocycles. The number of anilines is 1. The molecule has 0 aliphatic rings. The van der Waals surface area contributed by atoms with Crippen molar-refractivity contribution >= 4 is 27.0 Å². The molecule has 4 nitrogen and oxygen atoms in total. The zero-order chi connectivity index (χ0) is 11.4. The third-order valence-electron chi connectivity index (χ3n) is 1.89. The van der Waals surface area contributed by atoms with E-state index in [9.17, 15) is 0 Å². The van der Waals surface area contributed by atoms with Gasteiger partial charge in [-0.2, -0.15) is 5.26 Å². The highest BCUT2D eigenvalue weighted by atomic mass is 32.1. The molecule has 0 fully saturated rings. The molecule has 2 N–H and O–H groups in total. The van der Waals surface area contributed by atoms with Gasteiger partial charge in [0.2, 0.25) is 0 Å². The van der Waals surface area contributed by atoms with Crippen LogP contribution >= 0.6 is 11.3 Å². The van der Waals surface area contributed by atoms with Gasteiger partial charge in [-0.15, -0.1) is 10.2 Å². The lowest BCUT2D eigenvalue weighted by Gasteiger charge is -1.88. The molecule has 0 unspecified atom stereocenters. The van der Waals surface area contributed by atoms with E-state index in [0.717, 1.165) is 5.69 Å². The van der Waals surface area contributed by atoms with Crippen molar-refractivity contribution in [1.82, 2.24) is 0 Å². The fourth-order valence-electron chi connectivity index (χ4n) is 1.13. The number of azo groups is 1. The van der Waals surface area contributed by atoms with Gasteiger partial charge in [0, 0.05) is 0 Å². The van der Waals surface area contributed by atoms with Gasteiger partial charge >= 0.3 is 0 Å². The lowest BCUT2D eigenvalue weighted by atomic mass is 10.3. The molecule has 2 aromatic rings. The van der Waals surface area contributed by atoms with Crippen molar-refractivity contribution in [2.45, 2.75) is 0 Å². The third kappa shape index (κ3) is 2.24. The molecule has 78 valence electrons. The molecule has 0 aliphatic heterocycles. The van der Waals surface area contributed by atoms with Gasteiger partial charge in [-0.3, -0.25) is 0 Å². The van der Waals surface area contributed by atoms with Gasteiger partial charge in [-0.05, 0) is 18.2 Å². The Labute approximate surface area is 96.7 Å². The third-order valence-corrected chi connectivity index (χ3v) is 2.74. The van der Waals surface area contributed by atoms with Crippen molar-refractivity contribution in [2.24, 2.45) is 10.2 Å². The summed E-state index contributed by atoms with van der Waals surface area (Å²) in [4.78, 5) is 0. The van der Waals surface area contributed by atoms with Gasteiger partial charge in [0.05, 0.1) is 11.3 Å². The second kappa shape index (κ2) is 4.55. The highest BCUT2D eigenvalue weighted by molar-refractivity contribution is 7.19. The van der Waals surface area contributed by atoms with Gasteiger partial charge in [0.25, 0.3) is 0 Å². The van der Waals surface area contributed by atoms with E-state index < -0.39 is 0 Å². The van der Waals surface area contributed by atoms with E-state index in [4.69, 9.17) is 11.0 Å². The number of nitrogens with zero attached hydrogens (tertiary/aromatic N) is 3. The van der Waals surface area contributed by atoms with Gasteiger partial charge in [-0.25, -0.2) is 0 Å². The van der Waals surface area contributed by atoms with Crippen LogP contribution in [0.5, 0.6) is 0 Å². The second-order valence-electron chi connectivity index (χ2n) is 3.01. The number of nitrogens with two attached hydrogens (primary N) is 1. The topological polar surface area (TPSA) is 74.5 Å². The smallest absolute Gasteiger partial charge is 0.142 e. The van der Waals surface area contributed by atoms with E-state index in [2.05, 4.69) is 10.2 Å². The molecule has 0 atom stereocenters. The maximum atomic E-state index is 8.72. The number of hydrogen-bond donors (Lipinski definition) is 1. The summed E-state index contributed by atoms with van der Waals surface area (Å²) >= 11 is 1.25. The maximum Gasteiger partial charge on any atom is 0.142 e. The van der Waals surface area contributed by atoms with Crippen LogP contribution in [0.1, 0.15) is 5.56 Å². The second-order valence-corrected chi connectivity index (χ2v) is 4.07. The molecule has 0 amide bonds. The highest BCUT2D eigenvalue weighted by Crippen LogP contribution is 2.32. The first-order valence-corrected chi connectivity index (χ1v) is 5.37. The van der Waals surface area contributed by atoms with E-state index in [1.165, 1.54) is 11.3 Å². The van der Waals surface area contributed by atoms with Crippen molar-refractivity contribution in [2.75, 3.05) is 5.73 Å². The van der Waals surface area contributed by atoms with Crippen molar-refractivity contribution in [3.8, 4) is 6.07 Å². The van der Waals surface area contributed by atoms with Crippen LogP contribution in [0.2, 0.25) is 0 Å². The van der Waals surface area contributed by atoms with Crippen molar-refractivity contribution in [1.29, 1.82) is 5.26 Å². The molecule has 1 aromatic heterocycles. The minimum atomic E-state index is 0.451. The monoisotopic (exact) mass is 228 g/mol. The van der Waals surface area contributed by atoms with Crippen molar-refractivity contribution in [3.63, 3.8) is 0 Å². The van der Waals surface area contributed by atoms with Crippen LogP contribution in [-0.2, 0) is 0 Å². The summed E-state index contributed by atoms with van der Waals surface area (Å²) in [5.41, 5.74) is 6.84. The maximum absolute atomic E-state index is 8.72. The molecule has 5 heteroatoms. The fraction of sp³-hybridized carbons (Fsp3) is 0. The molecule has 0 spiro atoms. The molecule has 1 heterocycles. The predicted octanol–water partition coefficient (Wildman–Crippen LogP) is 3.62. The molecule has 1 aromatic carbocycles. The highest BCUT2D eigenvalue weighted by Gasteiger charge is 2.04. The van der Waals surface area contributed by atoms with Crippen LogP contribution in [0.15, 0.2) is 46.6 Å². The number of nitriles is 1. The Hall–Kier alpha value is -2.19. The zero-order valence-electron chi connectivity index (χ0n) is 8.29. The average Bonchev–Trinajstić information content (AvgIpc) is 2.69. The SMILES string of the molecule is N#Cc1cc(/N=N/c2ccccc2)sc1N. The first kappa shape index (κ1) is 10.3. The molecule has 0 bridgehead atoms. The number of benzene rings is 1. The Morgan fingerprint density at radius 1 is 1.19 bits per heavy atom. The van der Waals surface area contributed by atoms with Gasteiger partial charge < -0.3 is 5.73 Å². The minimum Gasteiger partial charge on any atom is -0.389 e. The fourth-order valence-corrected chi connectivity index (χ4v) is 1.83. The van der Waals surface area contributed by atoms with Gasteiger partial charge in [0.15, 0.2) is 0 Å². The Kier molecular flexibility index (Phi) is 2.94. The lowest BCUT2D eigenvalue weighted by Crippen LogP contribution is -1.80. The lowest BCUT2D eigenvalue weighted by molar-refractivity contribution is 1.25. The number of thiophene rings is 1. The van der Waals surface area contributed by atoms with Crippen LogP contribution in [-0.4, -0.2) is 0 Å². The summed E-state index contributed by atoms with van der Waals surface area (Å²) in [6.45, 7) is 0. The van der Waals surface area contributed by atoms with E-state index >= 15 is 0 Å². The standard InChI is InChI=1S/C11H8N4S/c12-7-8-6-10(16-11(8)13)15-14-9-4-2-1-3-5-9/h1-6H,13H2/b15-14+. The Morgan fingerprint density at radius 2 is 1.94 bits per heavy atom. The number of hydrogen-bond acceptors (Lipinski definition) is 5. The van der Waals surface area contributed by atoms with Gasteiger partial charge in [-0.1, -0.05) is 29.5 Å². The molecular formula is C11H8N4S. The van der Waals surface area contributed by atoms with E-state index in [-0.39, 0.29) is 0 Å². The zero-order valence-corrected chi connectivity index (χ0v) is 9.11. The van der Waals surface area contributed by atoms with Crippen LogP contribution < -0.4 is 5.73 Å². The summed E-state index contributed by atoms with van der Waals surface area (Å²) in [6, 6.07) is 13.0. The molecule has 0 radical (unpaired) electrons. The first-order valence-electron chi connectivity index (χ1n) is 4.56. The number of rotatable bonds is 2. The molecule has 2 rings (SSSR count).